The fourth-order valence-electron chi connectivity index (χ4n) is 2.50. The van der Waals surface area contributed by atoms with Gasteiger partial charge in [-0.3, -0.25) is 9.97 Å². The molecular formula is C20H15FN6O. The number of anilines is 1. The number of pyridine rings is 1. The van der Waals surface area contributed by atoms with Crippen molar-refractivity contribution in [3.63, 3.8) is 0 Å². The van der Waals surface area contributed by atoms with Gasteiger partial charge in [0.1, 0.15) is 17.4 Å². The van der Waals surface area contributed by atoms with Crippen LogP contribution in [0.2, 0.25) is 0 Å². The molecule has 0 spiro atoms. The van der Waals surface area contributed by atoms with Crippen LogP contribution in [-0.2, 0) is 6.54 Å². The molecule has 0 unspecified atom stereocenters. The van der Waals surface area contributed by atoms with E-state index in [4.69, 9.17) is 4.74 Å². The van der Waals surface area contributed by atoms with Crippen LogP contribution in [-0.4, -0.2) is 24.9 Å². The van der Waals surface area contributed by atoms with E-state index in [0.717, 1.165) is 11.8 Å². The normalized spacial score (nSPS) is 10.5. The van der Waals surface area contributed by atoms with Gasteiger partial charge in [0.2, 0.25) is 5.88 Å². The van der Waals surface area contributed by atoms with Crippen molar-refractivity contribution >= 4 is 5.82 Å². The molecule has 0 aliphatic rings. The molecule has 3 heterocycles. The van der Waals surface area contributed by atoms with E-state index in [2.05, 4.69) is 30.2 Å². The fourth-order valence-corrected chi connectivity index (χ4v) is 2.50. The highest BCUT2D eigenvalue weighted by Crippen LogP contribution is 2.21. The summed E-state index contributed by atoms with van der Waals surface area (Å²) >= 11 is 0. The number of benzene rings is 1. The Balaban J connectivity index is 1.45. The summed E-state index contributed by atoms with van der Waals surface area (Å²) in [6, 6.07) is 10.7. The number of rotatable bonds is 6. The molecule has 0 saturated carbocycles. The van der Waals surface area contributed by atoms with E-state index in [9.17, 15) is 4.39 Å². The molecule has 0 atom stereocenters. The Labute approximate surface area is 160 Å². The summed E-state index contributed by atoms with van der Waals surface area (Å²) in [5.74, 6) is 1.68. The quantitative estimate of drug-likeness (QED) is 0.548. The topological polar surface area (TPSA) is 85.7 Å². The van der Waals surface area contributed by atoms with E-state index in [1.807, 2.05) is 24.3 Å². The number of hydrogen-bond acceptors (Lipinski definition) is 7. The summed E-state index contributed by atoms with van der Waals surface area (Å²) in [5, 5.41) is 3.23. The minimum Gasteiger partial charge on any atom is -0.437 e. The van der Waals surface area contributed by atoms with Gasteiger partial charge in [0, 0.05) is 36.9 Å². The molecule has 138 valence electrons. The zero-order valence-corrected chi connectivity index (χ0v) is 14.7. The molecule has 1 N–H and O–H groups in total. The van der Waals surface area contributed by atoms with Gasteiger partial charge in [-0.25, -0.2) is 19.3 Å². The maximum atomic E-state index is 13.4. The summed E-state index contributed by atoms with van der Waals surface area (Å²) in [6.45, 7) is 0.523. The van der Waals surface area contributed by atoms with Gasteiger partial charge in [0.05, 0.1) is 12.4 Å². The van der Waals surface area contributed by atoms with Crippen molar-refractivity contribution in [1.82, 2.24) is 24.9 Å². The first-order valence-corrected chi connectivity index (χ1v) is 8.47. The Bertz CT molecular complexity index is 1080. The largest absolute Gasteiger partial charge is 0.437 e. The number of halogens is 1. The minimum atomic E-state index is -0.431. The second-order valence-electron chi connectivity index (χ2n) is 5.80. The highest BCUT2D eigenvalue weighted by Gasteiger charge is 2.05. The minimum absolute atomic E-state index is 0.400. The van der Waals surface area contributed by atoms with E-state index in [1.54, 1.807) is 30.9 Å². The maximum absolute atomic E-state index is 13.4. The van der Waals surface area contributed by atoms with Crippen LogP contribution in [0.1, 0.15) is 5.56 Å². The Morgan fingerprint density at radius 3 is 2.75 bits per heavy atom. The van der Waals surface area contributed by atoms with Gasteiger partial charge in [-0.2, -0.15) is 0 Å². The molecule has 0 fully saturated rings. The van der Waals surface area contributed by atoms with Crippen LogP contribution >= 0.6 is 0 Å². The maximum Gasteiger partial charge on any atom is 0.237 e. The van der Waals surface area contributed by atoms with E-state index in [0.29, 0.717) is 35.4 Å². The Morgan fingerprint density at radius 2 is 1.89 bits per heavy atom. The first kappa shape index (κ1) is 17.5. The SMILES string of the molecule is Fc1cncc(-c2nccc(NCc3cccc(Oc4cnccn4)c3)n2)c1. The lowest BCUT2D eigenvalue weighted by Gasteiger charge is -2.09. The number of ether oxygens (including phenoxy) is 1. The predicted octanol–water partition coefficient (Wildman–Crippen LogP) is 3.87. The lowest BCUT2D eigenvalue weighted by Crippen LogP contribution is -2.03. The van der Waals surface area contributed by atoms with Gasteiger partial charge < -0.3 is 10.1 Å². The standard InChI is InChI=1S/C20H15FN6O/c21-16-9-15(11-23-12-16)20-25-5-4-18(27-20)26-10-14-2-1-3-17(8-14)28-19-13-22-6-7-24-19/h1-9,11-13H,10H2,(H,25,26,27). The Morgan fingerprint density at radius 1 is 0.929 bits per heavy atom. The smallest absolute Gasteiger partial charge is 0.237 e. The van der Waals surface area contributed by atoms with Gasteiger partial charge in [-0.1, -0.05) is 12.1 Å². The number of nitrogens with zero attached hydrogens (tertiary/aromatic N) is 5. The molecule has 3 aromatic heterocycles. The number of hydrogen-bond donors (Lipinski definition) is 1. The molecule has 0 saturated heterocycles. The molecule has 0 aliphatic carbocycles. The first-order valence-electron chi connectivity index (χ1n) is 8.47. The summed E-state index contributed by atoms with van der Waals surface area (Å²) in [5.41, 5.74) is 1.51. The Kier molecular flexibility index (Phi) is 5.10. The lowest BCUT2D eigenvalue weighted by molar-refractivity contribution is 0.459. The monoisotopic (exact) mass is 374 g/mol. The molecular weight excluding hydrogens is 359 g/mol. The molecule has 28 heavy (non-hydrogen) atoms. The van der Waals surface area contributed by atoms with Gasteiger partial charge in [0.25, 0.3) is 0 Å². The van der Waals surface area contributed by atoms with Crippen LogP contribution in [0.5, 0.6) is 11.6 Å². The van der Waals surface area contributed by atoms with E-state index < -0.39 is 5.82 Å². The van der Waals surface area contributed by atoms with Crippen molar-refractivity contribution in [2.75, 3.05) is 5.32 Å². The first-order chi connectivity index (χ1) is 13.8. The molecule has 7 nitrogen and oxygen atoms in total. The van der Waals surface area contributed by atoms with Gasteiger partial charge >= 0.3 is 0 Å². The molecule has 4 rings (SSSR count). The van der Waals surface area contributed by atoms with Crippen LogP contribution in [0.3, 0.4) is 0 Å². The zero-order chi connectivity index (χ0) is 19.2. The van der Waals surface area contributed by atoms with E-state index in [-0.39, 0.29) is 0 Å². The third kappa shape index (κ3) is 4.42. The van der Waals surface area contributed by atoms with Crippen LogP contribution in [0.25, 0.3) is 11.4 Å². The van der Waals surface area contributed by atoms with Crippen LogP contribution in [0.15, 0.2) is 73.6 Å². The number of nitrogens with one attached hydrogen (secondary N) is 1. The van der Waals surface area contributed by atoms with Crippen molar-refractivity contribution in [3.8, 4) is 23.0 Å². The third-order valence-electron chi connectivity index (χ3n) is 3.75. The summed E-state index contributed by atoms with van der Waals surface area (Å²) < 4.78 is 19.1. The van der Waals surface area contributed by atoms with Crippen molar-refractivity contribution in [3.05, 3.63) is 85.0 Å². The summed E-state index contributed by atoms with van der Waals surface area (Å²) in [4.78, 5) is 20.5. The van der Waals surface area contributed by atoms with Gasteiger partial charge in [-0.05, 0) is 29.8 Å². The third-order valence-corrected chi connectivity index (χ3v) is 3.75. The molecule has 0 amide bonds. The molecule has 0 aliphatic heterocycles. The molecule has 1 aromatic carbocycles. The number of aromatic nitrogens is 5. The highest BCUT2D eigenvalue weighted by molar-refractivity contribution is 5.55. The van der Waals surface area contributed by atoms with Crippen molar-refractivity contribution in [1.29, 1.82) is 0 Å². The summed E-state index contributed by atoms with van der Waals surface area (Å²) in [7, 11) is 0. The van der Waals surface area contributed by atoms with Crippen LogP contribution < -0.4 is 10.1 Å². The van der Waals surface area contributed by atoms with Gasteiger partial charge in [0.15, 0.2) is 5.82 Å². The van der Waals surface area contributed by atoms with E-state index >= 15 is 0 Å². The predicted molar refractivity (Wildman–Crippen MR) is 101 cm³/mol. The molecule has 4 aromatic rings. The van der Waals surface area contributed by atoms with Gasteiger partial charge in [-0.15, -0.1) is 0 Å². The molecule has 0 radical (unpaired) electrons. The van der Waals surface area contributed by atoms with Crippen molar-refractivity contribution in [2.24, 2.45) is 0 Å². The van der Waals surface area contributed by atoms with E-state index in [1.165, 1.54) is 12.3 Å². The average Bonchev–Trinajstić information content (AvgIpc) is 2.74. The van der Waals surface area contributed by atoms with Crippen LogP contribution in [0, 0.1) is 5.82 Å². The fraction of sp³-hybridized carbons (Fsp3) is 0.0500. The Hall–Kier alpha value is -3.94. The molecule has 0 bridgehead atoms. The summed E-state index contributed by atoms with van der Waals surface area (Å²) in [6.07, 6.45) is 8.99. The average molecular weight is 374 g/mol. The van der Waals surface area contributed by atoms with Crippen LogP contribution in [0.4, 0.5) is 10.2 Å². The zero-order valence-electron chi connectivity index (χ0n) is 14.7. The van der Waals surface area contributed by atoms with Crippen molar-refractivity contribution < 1.29 is 9.13 Å². The second-order valence-corrected chi connectivity index (χ2v) is 5.80. The molecule has 8 heteroatoms. The van der Waals surface area contributed by atoms with Crippen molar-refractivity contribution in [2.45, 2.75) is 6.54 Å². The highest BCUT2D eigenvalue weighted by atomic mass is 19.1. The second kappa shape index (κ2) is 8.17. The lowest BCUT2D eigenvalue weighted by atomic mass is 10.2.